The quantitative estimate of drug-likeness (QED) is 0.389. The predicted octanol–water partition coefficient (Wildman–Crippen LogP) is 4.55. The zero-order valence-corrected chi connectivity index (χ0v) is 20.1. The van der Waals surface area contributed by atoms with E-state index in [-0.39, 0.29) is 6.10 Å². The summed E-state index contributed by atoms with van der Waals surface area (Å²) in [6.07, 6.45) is 13.7. The highest BCUT2D eigenvalue weighted by Gasteiger charge is 2.17. The Balaban J connectivity index is 1.22. The number of rotatable bonds is 7. The molecule has 1 aliphatic heterocycles. The molecule has 0 radical (unpaired) electrons. The molecule has 0 unspecified atom stereocenters. The van der Waals surface area contributed by atoms with Gasteiger partial charge in [0.05, 0.1) is 25.1 Å². The van der Waals surface area contributed by atoms with E-state index in [0.717, 1.165) is 48.8 Å². The summed E-state index contributed by atoms with van der Waals surface area (Å²) in [7, 11) is 0. The lowest BCUT2D eigenvalue weighted by Gasteiger charge is -2.28. The minimum absolute atomic E-state index is 0.272. The summed E-state index contributed by atoms with van der Waals surface area (Å²) in [6.45, 7) is 2.92. The van der Waals surface area contributed by atoms with Gasteiger partial charge >= 0.3 is 0 Å². The van der Waals surface area contributed by atoms with Gasteiger partial charge in [-0.15, -0.1) is 0 Å². The fourth-order valence-electron chi connectivity index (χ4n) is 4.65. The lowest BCUT2D eigenvalue weighted by Crippen LogP contribution is -2.36. The summed E-state index contributed by atoms with van der Waals surface area (Å²) in [5.41, 5.74) is 2.56. The van der Waals surface area contributed by atoms with Crippen molar-refractivity contribution in [2.45, 2.75) is 38.2 Å². The summed E-state index contributed by atoms with van der Waals surface area (Å²) in [5.74, 6) is 2.68. The van der Waals surface area contributed by atoms with E-state index in [1.165, 1.54) is 19.3 Å². The Morgan fingerprint density at radius 1 is 0.889 bits per heavy atom. The summed E-state index contributed by atoms with van der Waals surface area (Å²) in [4.78, 5) is 20.6. The number of aromatic nitrogens is 5. The van der Waals surface area contributed by atoms with E-state index in [1.807, 2.05) is 47.1 Å². The van der Waals surface area contributed by atoms with Crippen LogP contribution in [0.5, 0.6) is 5.88 Å². The molecule has 2 aliphatic rings. The molecule has 2 N–H and O–H groups in total. The molecule has 10 heteroatoms. The van der Waals surface area contributed by atoms with Gasteiger partial charge in [-0.3, -0.25) is 0 Å². The third-order valence-electron chi connectivity index (χ3n) is 6.55. The van der Waals surface area contributed by atoms with E-state index in [4.69, 9.17) is 19.4 Å². The topological polar surface area (TPSA) is 102 Å². The van der Waals surface area contributed by atoms with Gasteiger partial charge < -0.3 is 29.4 Å². The summed E-state index contributed by atoms with van der Waals surface area (Å²) < 4.78 is 13.6. The van der Waals surface area contributed by atoms with Gasteiger partial charge in [-0.1, -0.05) is 6.42 Å². The van der Waals surface area contributed by atoms with Crippen molar-refractivity contribution in [2.75, 3.05) is 41.8 Å². The van der Waals surface area contributed by atoms with Crippen LogP contribution in [0.25, 0.3) is 5.65 Å². The van der Waals surface area contributed by atoms with Gasteiger partial charge in [0, 0.05) is 55.6 Å². The van der Waals surface area contributed by atoms with E-state index in [1.54, 1.807) is 12.4 Å². The number of anilines is 5. The third-order valence-corrected chi connectivity index (χ3v) is 6.55. The predicted molar refractivity (Wildman–Crippen MR) is 139 cm³/mol. The smallest absolute Gasteiger partial charge is 0.231 e. The highest BCUT2D eigenvalue weighted by molar-refractivity contribution is 5.66. The molecule has 5 heterocycles. The molecule has 0 amide bonds. The first-order chi connectivity index (χ1) is 17.8. The van der Waals surface area contributed by atoms with Crippen molar-refractivity contribution in [1.82, 2.24) is 24.3 Å². The Bertz CT molecular complexity index is 1300. The number of nitrogens with zero attached hydrogens (tertiary/aromatic N) is 6. The number of pyridine rings is 2. The molecular formula is C26H30N8O2. The van der Waals surface area contributed by atoms with E-state index in [0.29, 0.717) is 30.9 Å². The van der Waals surface area contributed by atoms with Crippen molar-refractivity contribution in [1.29, 1.82) is 0 Å². The molecule has 0 bridgehead atoms. The zero-order chi connectivity index (χ0) is 24.2. The van der Waals surface area contributed by atoms with Crippen LogP contribution in [0.1, 0.15) is 32.1 Å². The van der Waals surface area contributed by atoms with Crippen LogP contribution in [-0.4, -0.2) is 56.7 Å². The van der Waals surface area contributed by atoms with E-state index in [9.17, 15) is 0 Å². The molecule has 1 saturated carbocycles. The first-order valence-electron chi connectivity index (χ1n) is 12.6. The maximum absolute atomic E-state index is 6.06. The molecule has 0 spiro atoms. The normalized spacial score (nSPS) is 16.7. The van der Waals surface area contributed by atoms with Crippen LogP contribution in [0.3, 0.4) is 0 Å². The van der Waals surface area contributed by atoms with Gasteiger partial charge in [0.1, 0.15) is 23.4 Å². The molecule has 36 heavy (non-hydrogen) atoms. The van der Waals surface area contributed by atoms with Crippen molar-refractivity contribution in [3.8, 4) is 5.88 Å². The Morgan fingerprint density at radius 2 is 1.78 bits per heavy atom. The van der Waals surface area contributed by atoms with Crippen LogP contribution >= 0.6 is 0 Å². The summed E-state index contributed by atoms with van der Waals surface area (Å²) >= 11 is 0. The number of morpholine rings is 1. The van der Waals surface area contributed by atoms with Gasteiger partial charge in [0.25, 0.3) is 0 Å². The van der Waals surface area contributed by atoms with Crippen LogP contribution in [0.15, 0.2) is 55.1 Å². The molecule has 6 rings (SSSR count). The number of fused-ring (bicyclic) bond motifs is 1. The van der Waals surface area contributed by atoms with Gasteiger partial charge in [-0.2, -0.15) is 9.97 Å². The maximum Gasteiger partial charge on any atom is 0.231 e. The van der Waals surface area contributed by atoms with Gasteiger partial charge in [-0.25, -0.2) is 9.97 Å². The number of ether oxygens (including phenoxy) is 2. The molecular weight excluding hydrogens is 456 g/mol. The summed E-state index contributed by atoms with van der Waals surface area (Å²) in [6, 6.07) is 9.80. The fourth-order valence-corrected chi connectivity index (χ4v) is 4.65. The minimum Gasteiger partial charge on any atom is -0.474 e. The van der Waals surface area contributed by atoms with Gasteiger partial charge in [0.15, 0.2) is 0 Å². The molecule has 10 nitrogen and oxygen atoms in total. The molecule has 4 aromatic rings. The van der Waals surface area contributed by atoms with E-state index >= 15 is 0 Å². The van der Waals surface area contributed by atoms with Crippen LogP contribution in [0.4, 0.5) is 29.0 Å². The Hall–Kier alpha value is -3.92. The molecule has 2 fully saturated rings. The number of nitrogens with one attached hydrogen (secondary N) is 2. The first kappa shape index (κ1) is 22.5. The van der Waals surface area contributed by atoms with Crippen LogP contribution in [0.2, 0.25) is 0 Å². The molecule has 4 aromatic heterocycles. The number of hydrogen-bond donors (Lipinski definition) is 2. The largest absolute Gasteiger partial charge is 0.474 e. The molecule has 0 atom stereocenters. The van der Waals surface area contributed by atoms with Crippen LogP contribution in [-0.2, 0) is 4.74 Å². The van der Waals surface area contributed by atoms with Gasteiger partial charge in [0.2, 0.25) is 11.8 Å². The number of imidazole rings is 1. The molecule has 0 aromatic carbocycles. The lowest BCUT2D eigenvalue weighted by molar-refractivity contribution is 0.122. The zero-order valence-electron chi connectivity index (χ0n) is 20.1. The third kappa shape index (κ3) is 5.33. The van der Waals surface area contributed by atoms with Crippen molar-refractivity contribution < 1.29 is 9.47 Å². The second kappa shape index (κ2) is 10.4. The van der Waals surface area contributed by atoms with Gasteiger partial charge in [-0.05, 0) is 37.8 Å². The molecule has 1 saturated heterocycles. The highest BCUT2D eigenvalue weighted by atomic mass is 16.5. The SMILES string of the molecule is c1cn2ccc(Nc3cc(N4CCOCC4)nc(Nc4ccc(OC5CCCCC5)nc4)n3)cc2n1. The van der Waals surface area contributed by atoms with E-state index in [2.05, 4.69) is 25.5 Å². The average Bonchev–Trinajstić information content (AvgIpc) is 3.39. The minimum atomic E-state index is 0.272. The van der Waals surface area contributed by atoms with E-state index < -0.39 is 0 Å². The standard InChI is InChI=1S/C26H30N8O2/c1-2-4-21(5-3-1)36-25-7-6-20(18-28-25)30-26-31-22(17-24(32-26)34-12-14-35-15-13-34)29-19-8-10-33-11-9-27-23(33)16-19/h6-11,16-18,21H,1-5,12-15H2,(H2,29,30,31,32). The van der Waals surface area contributed by atoms with Crippen molar-refractivity contribution in [3.05, 3.63) is 55.1 Å². The highest BCUT2D eigenvalue weighted by Crippen LogP contribution is 2.26. The molecule has 1 aliphatic carbocycles. The van der Waals surface area contributed by atoms with Crippen LogP contribution < -0.4 is 20.3 Å². The lowest BCUT2D eigenvalue weighted by atomic mass is 9.98. The first-order valence-corrected chi connectivity index (χ1v) is 12.6. The monoisotopic (exact) mass is 486 g/mol. The second-order valence-electron chi connectivity index (χ2n) is 9.16. The van der Waals surface area contributed by atoms with Crippen molar-refractivity contribution >= 4 is 34.6 Å². The molecule has 186 valence electrons. The average molecular weight is 487 g/mol. The van der Waals surface area contributed by atoms with Crippen LogP contribution in [0, 0.1) is 0 Å². The Morgan fingerprint density at radius 3 is 2.61 bits per heavy atom. The Kier molecular flexibility index (Phi) is 6.49. The summed E-state index contributed by atoms with van der Waals surface area (Å²) in [5, 5.41) is 6.72. The van der Waals surface area contributed by atoms with Crippen molar-refractivity contribution in [2.24, 2.45) is 0 Å². The van der Waals surface area contributed by atoms with Crippen molar-refractivity contribution in [3.63, 3.8) is 0 Å². The Labute approximate surface area is 209 Å². The fraction of sp³-hybridized carbons (Fsp3) is 0.385. The second-order valence-corrected chi connectivity index (χ2v) is 9.16. The maximum atomic E-state index is 6.06. The number of hydrogen-bond acceptors (Lipinski definition) is 9.